The molecule has 0 aliphatic heterocycles. The van der Waals surface area contributed by atoms with Crippen LogP contribution in [-0.2, 0) is 6.42 Å². The van der Waals surface area contributed by atoms with Crippen LogP contribution in [0.25, 0.3) is 0 Å². The minimum Gasteiger partial charge on any atom is -0.395 e. The fourth-order valence-corrected chi connectivity index (χ4v) is 2.34. The Bertz CT molecular complexity index is 363. The van der Waals surface area contributed by atoms with Crippen molar-refractivity contribution in [1.82, 2.24) is 5.32 Å². The van der Waals surface area contributed by atoms with Crippen LogP contribution in [0.5, 0.6) is 0 Å². The second-order valence-electron chi connectivity index (χ2n) is 4.39. The van der Waals surface area contributed by atoms with Crippen molar-refractivity contribution >= 4 is 0 Å². The maximum absolute atomic E-state index is 13.0. The van der Waals surface area contributed by atoms with E-state index < -0.39 is 0 Å². The van der Waals surface area contributed by atoms with Gasteiger partial charge in [0.15, 0.2) is 0 Å². The van der Waals surface area contributed by atoms with Crippen molar-refractivity contribution in [2.45, 2.75) is 38.3 Å². The van der Waals surface area contributed by atoms with E-state index >= 15 is 0 Å². The molecule has 2 nitrogen and oxygen atoms in total. The predicted molar refractivity (Wildman–Crippen MR) is 61.8 cm³/mol. The summed E-state index contributed by atoms with van der Waals surface area (Å²) < 4.78 is 13.0. The predicted octanol–water partition coefficient (Wildman–Crippen LogP) is 2.17. The molecular weight excluding hydrogens is 205 g/mol. The molecule has 0 aromatic heterocycles. The number of rotatable bonds is 4. The van der Waals surface area contributed by atoms with E-state index in [9.17, 15) is 4.39 Å². The van der Waals surface area contributed by atoms with Gasteiger partial charge in [0.25, 0.3) is 0 Å². The lowest BCUT2D eigenvalue weighted by Crippen LogP contribution is -2.34. The SMILES string of the molecule is CC[C@@H](CO)NC1CCc2cc(F)ccc21. The van der Waals surface area contributed by atoms with Gasteiger partial charge in [-0.3, -0.25) is 0 Å². The quantitative estimate of drug-likeness (QED) is 0.820. The molecule has 0 saturated carbocycles. The number of hydrogen-bond acceptors (Lipinski definition) is 2. The molecule has 2 N–H and O–H groups in total. The number of aliphatic hydroxyl groups is 1. The molecule has 0 fully saturated rings. The molecule has 0 amide bonds. The van der Waals surface area contributed by atoms with Crippen LogP contribution in [0.3, 0.4) is 0 Å². The van der Waals surface area contributed by atoms with Crippen LogP contribution in [0.2, 0.25) is 0 Å². The number of hydrogen-bond donors (Lipinski definition) is 2. The molecule has 1 aromatic carbocycles. The Balaban J connectivity index is 2.11. The molecule has 88 valence electrons. The summed E-state index contributed by atoms with van der Waals surface area (Å²) >= 11 is 0. The highest BCUT2D eigenvalue weighted by atomic mass is 19.1. The summed E-state index contributed by atoms with van der Waals surface area (Å²) in [6.45, 7) is 2.21. The fourth-order valence-electron chi connectivity index (χ4n) is 2.34. The lowest BCUT2D eigenvalue weighted by atomic mass is 10.1. The summed E-state index contributed by atoms with van der Waals surface area (Å²) in [5.74, 6) is -0.159. The van der Waals surface area contributed by atoms with Crippen molar-refractivity contribution in [2.24, 2.45) is 0 Å². The first-order valence-electron chi connectivity index (χ1n) is 5.89. The smallest absolute Gasteiger partial charge is 0.123 e. The second-order valence-corrected chi connectivity index (χ2v) is 4.39. The zero-order chi connectivity index (χ0) is 11.5. The van der Waals surface area contributed by atoms with Gasteiger partial charge in [0.05, 0.1) is 6.61 Å². The Labute approximate surface area is 95.5 Å². The van der Waals surface area contributed by atoms with Gasteiger partial charge in [0, 0.05) is 12.1 Å². The normalized spacial score (nSPS) is 20.8. The Kier molecular flexibility index (Phi) is 3.56. The molecule has 16 heavy (non-hydrogen) atoms. The molecule has 1 aromatic rings. The van der Waals surface area contributed by atoms with Crippen LogP contribution >= 0.6 is 0 Å². The highest BCUT2D eigenvalue weighted by Gasteiger charge is 2.24. The molecule has 0 heterocycles. The Morgan fingerprint density at radius 1 is 1.56 bits per heavy atom. The third-order valence-corrected chi connectivity index (χ3v) is 3.33. The number of halogens is 1. The Morgan fingerprint density at radius 2 is 2.38 bits per heavy atom. The largest absolute Gasteiger partial charge is 0.395 e. The van der Waals surface area contributed by atoms with Crippen molar-refractivity contribution in [3.63, 3.8) is 0 Å². The van der Waals surface area contributed by atoms with E-state index in [4.69, 9.17) is 5.11 Å². The number of aliphatic hydroxyl groups excluding tert-OH is 1. The molecule has 1 unspecified atom stereocenters. The Morgan fingerprint density at radius 3 is 3.06 bits per heavy atom. The molecule has 0 spiro atoms. The molecule has 2 rings (SSSR count). The zero-order valence-corrected chi connectivity index (χ0v) is 9.54. The van der Waals surface area contributed by atoms with Crippen molar-refractivity contribution in [3.05, 3.63) is 35.1 Å². The summed E-state index contributed by atoms with van der Waals surface area (Å²) in [6.07, 6.45) is 2.82. The van der Waals surface area contributed by atoms with E-state index in [0.29, 0.717) is 0 Å². The fraction of sp³-hybridized carbons (Fsp3) is 0.538. The molecule has 0 radical (unpaired) electrons. The van der Waals surface area contributed by atoms with Crippen LogP contribution in [0.1, 0.15) is 36.9 Å². The van der Waals surface area contributed by atoms with Crippen LogP contribution in [0.15, 0.2) is 18.2 Å². The van der Waals surface area contributed by atoms with Gasteiger partial charge in [0.2, 0.25) is 0 Å². The summed E-state index contributed by atoms with van der Waals surface area (Å²) in [7, 11) is 0. The van der Waals surface area contributed by atoms with E-state index in [2.05, 4.69) is 12.2 Å². The topological polar surface area (TPSA) is 32.3 Å². The number of aryl methyl sites for hydroxylation is 1. The van der Waals surface area contributed by atoms with Gasteiger partial charge in [-0.05, 0) is 42.5 Å². The molecule has 0 saturated heterocycles. The molecule has 2 atom stereocenters. The molecule has 1 aliphatic carbocycles. The third-order valence-electron chi connectivity index (χ3n) is 3.33. The maximum Gasteiger partial charge on any atom is 0.123 e. The van der Waals surface area contributed by atoms with Crippen LogP contribution < -0.4 is 5.32 Å². The van der Waals surface area contributed by atoms with Crippen LogP contribution in [0.4, 0.5) is 4.39 Å². The van der Waals surface area contributed by atoms with Crippen molar-refractivity contribution in [1.29, 1.82) is 0 Å². The lowest BCUT2D eigenvalue weighted by molar-refractivity contribution is 0.227. The summed E-state index contributed by atoms with van der Waals surface area (Å²) in [6, 6.07) is 5.41. The number of benzene rings is 1. The number of fused-ring (bicyclic) bond motifs is 1. The molecule has 0 bridgehead atoms. The van der Waals surface area contributed by atoms with E-state index in [1.807, 2.05) is 6.07 Å². The van der Waals surface area contributed by atoms with Crippen LogP contribution in [0, 0.1) is 5.82 Å². The van der Waals surface area contributed by atoms with E-state index in [-0.39, 0.29) is 24.5 Å². The first-order chi connectivity index (χ1) is 7.74. The van der Waals surface area contributed by atoms with E-state index in [0.717, 1.165) is 24.8 Å². The monoisotopic (exact) mass is 223 g/mol. The average molecular weight is 223 g/mol. The van der Waals surface area contributed by atoms with E-state index in [1.165, 1.54) is 11.6 Å². The Hall–Kier alpha value is -0.930. The van der Waals surface area contributed by atoms with Gasteiger partial charge in [0.1, 0.15) is 5.82 Å². The first-order valence-corrected chi connectivity index (χ1v) is 5.89. The molecule has 1 aliphatic rings. The highest BCUT2D eigenvalue weighted by molar-refractivity contribution is 5.35. The van der Waals surface area contributed by atoms with Crippen molar-refractivity contribution < 1.29 is 9.50 Å². The van der Waals surface area contributed by atoms with Crippen LogP contribution in [-0.4, -0.2) is 17.8 Å². The van der Waals surface area contributed by atoms with E-state index in [1.54, 1.807) is 6.07 Å². The first kappa shape index (κ1) is 11.6. The summed E-state index contributed by atoms with van der Waals surface area (Å²) in [5, 5.41) is 12.6. The maximum atomic E-state index is 13.0. The lowest BCUT2D eigenvalue weighted by Gasteiger charge is -2.20. The van der Waals surface area contributed by atoms with Gasteiger partial charge in [-0.25, -0.2) is 4.39 Å². The number of nitrogens with one attached hydrogen (secondary N) is 1. The van der Waals surface area contributed by atoms with Gasteiger partial charge < -0.3 is 10.4 Å². The van der Waals surface area contributed by atoms with Gasteiger partial charge in [-0.15, -0.1) is 0 Å². The average Bonchev–Trinajstić information content (AvgIpc) is 2.68. The summed E-state index contributed by atoms with van der Waals surface area (Å²) in [5.41, 5.74) is 2.29. The van der Waals surface area contributed by atoms with Gasteiger partial charge in [-0.2, -0.15) is 0 Å². The third kappa shape index (κ3) is 2.25. The molecule has 3 heteroatoms. The van der Waals surface area contributed by atoms with Crippen molar-refractivity contribution in [3.8, 4) is 0 Å². The molecular formula is C13H18FNO. The van der Waals surface area contributed by atoms with Crippen molar-refractivity contribution in [2.75, 3.05) is 6.61 Å². The minimum absolute atomic E-state index is 0.140. The highest BCUT2D eigenvalue weighted by Crippen LogP contribution is 2.31. The van der Waals surface area contributed by atoms with Gasteiger partial charge in [-0.1, -0.05) is 13.0 Å². The minimum atomic E-state index is -0.159. The summed E-state index contributed by atoms with van der Waals surface area (Å²) in [4.78, 5) is 0. The standard InChI is InChI=1S/C13H18FNO/c1-2-11(8-16)15-13-6-3-9-7-10(14)4-5-12(9)13/h4-5,7,11,13,15-16H,2-3,6,8H2,1H3/t11-,13?/m0/s1. The zero-order valence-electron chi connectivity index (χ0n) is 9.54. The van der Waals surface area contributed by atoms with Gasteiger partial charge >= 0.3 is 0 Å². The second kappa shape index (κ2) is 4.93.